The summed E-state index contributed by atoms with van der Waals surface area (Å²) in [6.07, 6.45) is 1.02. The zero-order valence-electron chi connectivity index (χ0n) is 16.3. The van der Waals surface area contributed by atoms with Crippen molar-refractivity contribution in [2.75, 3.05) is 51.3 Å². The zero-order chi connectivity index (χ0) is 19.3. The largest absolute Gasteiger partial charge is 0.506 e. The summed E-state index contributed by atoms with van der Waals surface area (Å²) in [7, 11) is 1.84. The molecule has 28 heavy (non-hydrogen) atoms. The van der Waals surface area contributed by atoms with Crippen LogP contribution in [0.15, 0.2) is 53.5 Å². The number of anilines is 1. The summed E-state index contributed by atoms with van der Waals surface area (Å²) in [5.74, 6) is 2.73. The lowest BCUT2D eigenvalue weighted by Gasteiger charge is -2.38. The number of aromatic hydroxyl groups is 1. The van der Waals surface area contributed by atoms with Crippen LogP contribution < -0.4 is 15.0 Å². The molecule has 1 saturated heterocycles. The first kappa shape index (κ1) is 18.5. The van der Waals surface area contributed by atoms with E-state index in [1.54, 1.807) is 6.07 Å². The molecule has 0 spiro atoms. The number of nitrogens with one attached hydrogen (secondary N) is 1. The van der Waals surface area contributed by atoms with Gasteiger partial charge in [-0.05, 0) is 30.2 Å². The van der Waals surface area contributed by atoms with Gasteiger partial charge in [-0.25, -0.2) is 0 Å². The number of rotatable bonds is 3. The van der Waals surface area contributed by atoms with Crippen molar-refractivity contribution in [3.8, 4) is 11.5 Å². The standard InChI is InChI=1S/C22H28N4O2/c1-23-22(24-16-17-10-15-28-21-9-5-2-6-18(17)21)26-13-11-25(12-14-26)19-7-3-4-8-20(19)27/h2-9,17,27H,10-16H2,1H3,(H,23,24). The van der Waals surface area contributed by atoms with Crippen LogP contribution in [0.3, 0.4) is 0 Å². The summed E-state index contributed by atoms with van der Waals surface area (Å²) in [6, 6.07) is 15.9. The predicted octanol–water partition coefficient (Wildman–Crippen LogP) is 2.66. The molecule has 1 unspecified atom stereocenters. The monoisotopic (exact) mass is 380 g/mol. The van der Waals surface area contributed by atoms with Gasteiger partial charge in [0.25, 0.3) is 0 Å². The Morgan fingerprint density at radius 1 is 1.11 bits per heavy atom. The summed E-state index contributed by atoms with van der Waals surface area (Å²) in [5, 5.41) is 13.7. The van der Waals surface area contributed by atoms with Crippen LogP contribution in [-0.4, -0.2) is 62.3 Å². The van der Waals surface area contributed by atoms with E-state index in [0.717, 1.165) is 63.1 Å². The van der Waals surface area contributed by atoms with E-state index >= 15 is 0 Å². The Labute approximate surface area is 166 Å². The Morgan fingerprint density at radius 3 is 2.64 bits per heavy atom. The Balaban J connectivity index is 1.34. The van der Waals surface area contributed by atoms with Gasteiger partial charge in [-0.1, -0.05) is 30.3 Å². The third kappa shape index (κ3) is 3.86. The number of hydrogen-bond acceptors (Lipinski definition) is 4. The molecule has 2 aromatic carbocycles. The molecule has 4 rings (SSSR count). The molecular weight excluding hydrogens is 352 g/mol. The number of fused-ring (bicyclic) bond motifs is 1. The van der Waals surface area contributed by atoms with Crippen molar-refractivity contribution in [3.05, 3.63) is 54.1 Å². The molecule has 0 aliphatic carbocycles. The molecule has 1 fully saturated rings. The Hall–Kier alpha value is -2.89. The number of benzene rings is 2. The van der Waals surface area contributed by atoms with E-state index < -0.39 is 0 Å². The number of piperazine rings is 1. The molecular formula is C22H28N4O2. The first-order valence-electron chi connectivity index (χ1n) is 9.96. The predicted molar refractivity (Wildman–Crippen MR) is 113 cm³/mol. The lowest BCUT2D eigenvalue weighted by Crippen LogP contribution is -2.53. The van der Waals surface area contributed by atoms with Crippen LogP contribution in [0.1, 0.15) is 17.9 Å². The number of nitrogens with zero attached hydrogens (tertiary/aromatic N) is 3. The second-order valence-corrected chi connectivity index (χ2v) is 7.26. The minimum Gasteiger partial charge on any atom is -0.506 e. The van der Waals surface area contributed by atoms with Crippen LogP contribution in [0.4, 0.5) is 5.69 Å². The van der Waals surface area contributed by atoms with Crippen LogP contribution in [0, 0.1) is 0 Å². The Bertz CT molecular complexity index is 831. The van der Waals surface area contributed by atoms with Gasteiger partial charge < -0.3 is 25.0 Å². The third-order valence-corrected chi connectivity index (χ3v) is 5.60. The molecule has 0 saturated carbocycles. The van der Waals surface area contributed by atoms with Crippen LogP contribution in [0.5, 0.6) is 11.5 Å². The maximum Gasteiger partial charge on any atom is 0.193 e. The van der Waals surface area contributed by atoms with Crippen LogP contribution >= 0.6 is 0 Å². The fourth-order valence-electron chi connectivity index (χ4n) is 4.07. The second kappa shape index (κ2) is 8.42. The normalized spacial score (nSPS) is 19.8. The van der Waals surface area contributed by atoms with Crippen molar-refractivity contribution in [2.24, 2.45) is 4.99 Å². The average molecular weight is 380 g/mol. The quantitative estimate of drug-likeness (QED) is 0.633. The topological polar surface area (TPSA) is 60.3 Å². The highest BCUT2D eigenvalue weighted by atomic mass is 16.5. The van der Waals surface area contributed by atoms with E-state index in [1.165, 1.54) is 5.56 Å². The van der Waals surface area contributed by atoms with Gasteiger partial charge in [0.05, 0.1) is 12.3 Å². The molecule has 0 amide bonds. The van der Waals surface area contributed by atoms with Gasteiger partial charge in [0.15, 0.2) is 5.96 Å². The maximum atomic E-state index is 10.1. The molecule has 2 aromatic rings. The van der Waals surface area contributed by atoms with Crippen molar-refractivity contribution in [1.29, 1.82) is 0 Å². The molecule has 0 radical (unpaired) electrons. The van der Waals surface area contributed by atoms with E-state index in [-0.39, 0.29) is 0 Å². The highest BCUT2D eigenvalue weighted by Gasteiger charge is 2.24. The molecule has 6 heteroatoms. The number of phenols is 1. The van der Waals surface area contributed by atoms with Crippen molar-refractivity contribution < 1.29 is 9.84 Å². The summed E-state index contributed by atoms with van der Waals surface area (Å²) in [6.45, 7) is 5.08. The van der Waals surface area contributed by atoms with Gasteiger partial charge in [0.1, 0.15) is 11.5 Å². The average Bonchev–Trinajstić information content (AvgIpc) is 2.75. The molecule has 2 N–H and O–H groups in total. The highest BCUT2D eigenvalue weighted by Crippen LogP contribution is 2.33. The lowest BCUT2D eigenvalue weighted by molar-refractivity contribution is 0.266. The highest BCUT2D eigenvalue weighted by molar-refractivity contribution is 5.80. The number of para-hydroxylation sites is 3. The first-order chi connectivity index (χ1) is 13.8. The molecule has 2 aliphatic rings. The number of phenolic OH excluding ortho intramolecular Hbond substituents is 1. The SMILES string of the molecule is CN=C(NCC1CCOc2ccccc21)N1CCN(c2ccccc2O)CC1. The smallest absolute Gasteiger partial charge is 0.193 e. The fraction of sp³-hybridized carbons (Fsp3) is 0.409. The minimum atomic E-state index is 0.344. The molecule has 2 aliphatic heterocycles. The number of aliphatic imine (C=N–C) groups is 1. The van der Waals surface area contributed by atoms with Gasteiger partial charge in [-0.2, -0.15) is 0 Å². The summed E-state index contributed by atoms with van der Waals surface area (Å²) < 4.78 is 5.77. The molecule has 0 bridgehead atoms. The fourth-order valence-corrected chi connectivity index (χ4v) is 4.07. The van der Waals surface area contributed by atoms with E-state index in [0.29, 0.717) is 11.7 Å². The first-order valence-corrected chi connectivity index (χ1v) is 9.96. The lowest BCUT2D eigenvalue weighted by atomic mass is 9.93. The van der Waals surface area contributed by atoms with Gasteiger partial charge in [0, 0.05) is 45.7 Å². The number of hydrogen-bond donors (Lipinski definition) is 2. The van der Waals surface area contributed by atoms with Gasteiger partial charge in [-0.15, -0.1) is 0 Å². The molecule has 1 atom stereocenters. The summed E-state index contributed by atoms with van der Waals surface area (Å²) in [5.41, 5.74) is 2.19. The molecule has 0 aromatic heterocycles. The van der Waals surface area contributed by atoms with E-state index in [4.69, 9.17) is 4.74 Å². The van der Waals surface area contributed by atoms with E-state index in [2.05, 4.69) is 38.3 Å². The molecule has 148 valence electrons. The number of ether oxygens (including phenoxy) is 1. The Kier molecular flexibility index (Phi) is 5.55. The van der Waals surface area contributed by atoms with Crippen LogP contribution in [-0.2, 0) is 0 Å². The van der Waals surface area contributed by atoms with Crippen LogP contribution in [0.2, 0.25) is 0 Å². The Morgan fingerprint density at radius 2 is 1.86 bits per heavy atom. The van der Waals surface area contributed by atoms with Gasteiger partial charge in [0.2, 0.25) is 0 Å². The van der Waals surface area contributed by atoms with Crippen molar-refractivity contribution in [1.82, 2.24) is 10.2 Å². The zero-order valence-corrected chi connectivity index (χ0v) is 16.3. The van der Waals surface area contributed by atoms with Crippen molar-refractivity contribution >= 4 is 11.6 Å². The molecule has 2 heterocycles. The van der Waals surface area contributed by atoms with Gasteiger partial charge >= 0.3 is 0 Å². The number of guanidine groups is 1. The summed E-state index contributed by atoms with van der Waals surface area (Å²) in [4.78, 5) is 9.02. The van der Waals surface area contributed by atoms with Crippen molar-refractivity contribution in [2.45, 2.75) is 12.3 Å². The summed E-state index contributed by atoms with van der Waals surface area (Å²) >= 11 is 0. The van der Waals surface area contributed by atoms with Crippen LogP contribution in [0.25, 0.3) is 0 Å². The third-order valence-electron chi connectivity index (χ3n) is 5.60. The minimum absolute atomic E-state index is 0.344. The second-order valence-electron chi connectivity index (χ2n) is 7.26. The molecule has 6 nitrogen and oxygen atoms in total. The van der Waals surface area contributed by atoms with E-state index in [9.17, 15) is 5.11 Å². The maximum absolute atomic E-state index is 10.1. The van der Waals surface area contributed by atoms with E-state index in [1.807, 2.05) is 31.3 Å². The van der Waals surface area contributed by atoms with Crippen molar-refractivity contribution in [3.63, 3.8) is 0 Å². The van der Waals surface area contributed by atoms with Gasteiger partial charge in [-0.3, -0.25) is 4.99 Å².